The van der Waals surface area contributed by atoms with E-state index in [1.54, 1.807) is 7.11 Å². The van der Waals surface area contributed by atoms with Crippen LogP contribution in [0.3, 0.4) is 0 Å². The Morgan fingerprint density at radius 3 is 2.52 bits per heavy atom. The molecule has 0 aromatic heterocycles. The smallest absolute Gasteiger partial charge is 0.161 e. The Bertz CT molecular complexity index is 656. The topological polar surface area (TPSA) is 34.1 Å². The van der Waals surface area contributed by atoms with E-state index in [0.717, 1.165) is 35.8 Å². The van der Waals surface area contributed by atoms with Crippen molar-refractivity contribution in [3.8, 4) is 11.5 Å². The number of benzene rings is 2. The van der Waals surface area contributed by atoms with Crippen LogP contribution in [0.4, 0.5) is 5.69 Å². The molecule has 2 aromatic carbocycles. The number of hydrazone groups is 1. The van der Waals surface area contributed by atoms with Crippen LogP contribution in [0.5, 0.6) is 11.5 Å². The summed E-state index contributed by atoms with van der Waals surface area (Å²) in [6, 6.07) is 15.9. The van der Waals surface area contributed by atoms with Crippen LogP contribution in [0.1, 0.15) is 38.2 Å². The van der Waals surface area contributed by atoms with Crippen LogP contribution >= 0.6 is 0 Å². The van der Waals surface area contributed by atoms with Crippen LogP contribution in [-0.4, -0.2) is 27.0 Å². The van der Waals surface area contributed by atoms with Crippen molar-refractivity contribution in [3.63, 3.8) is 0 Å². The van der Waals surface area contributed by atoms with Crippen LogP contribution in [0.25, 0.3) is 0 Å². The van der Waals surface area contributed by atoms with Gasteiger partial charge in [-0.15, -0.1) is 0 Å². The van der Waals surface area contributed by atoms with Gasteiger partial charge in [0.2, 0.25) is 0 Å². The molecule has 0 heterocycles. The summed E-state index contributed by atoms with van der Waals surface area (Å²) in [5, 5.41) is 6.32. The number of unbranched alkanes of at least 4 members (excludes halogenated alkanes) is 3. The molecular formula is C21H28N2O2. The van der Waals surface area contributed by atoms with Gasteiger partial charge in [-0.3, -0.25) is 5.01 Å². The minimum Gasteiger partial charge on any atom is -0.493 e. The first-order valence-corrected chi connectivity index (χ1v) is 8.88. The third kappa shape index (κ3) is 6.14. The maximum atomic E-state index is 5.84. The van der Waals surface area contributed by atoms with Gasteiger partial charge < -0.3 is 9.47 Å². The average molecular weight is 340 g/mol. The van der Waals surface area contributed by atoms with Crippen LogP contribution in [0.2, 0.25) is 0 Å². The third-order valence-electron chi connectivity index (χ3n) is 3.95. The van der Waals surface area contributed by atoms with Crippen LogP contribution in [0, 0.1) is 0 Å². The molecule has 0 amide bonds. The molecule has 0 saturated heterocycles. The zero-order valence-corrected chi connectivity index (χ0v) is 15.4. The maximum Gasteiger partial charge on any atom is 0.161 e. The summed E-state index contributed by atoms with van der Waals surface area (Å²) in [5.74, 6) is 1.52. The fourth-order valence-electron chi connectivity index (χ4n) is 2.46. The van der Waals surface area contributed by atoms with E-state index in [1.807, 2.05) is 66.8 Å². The maximum absolute atomic E-state index is 5.84. The van der Waals surface area contributed by atoms with Gasteiger partial charge in [-0.25, -0.2) is 0 Å². The number of hydrogen-bond donors (Lipinski definition) is 0. The summed E-state index contributed by atoms with van der Waals surface area (Å²) >= 11 is 0. The van der Waals surface area contributed by atoms with Gasteiger partial charge in [0.1, 0.15) is 0 Å². The molecule has 134 valence electrons. The number of anilines is 1. The van der Waals surface area contributed by atoms with Crippen LogP contribution in [0.15, 0.2) is 53.6 Å². The molecule has 0 aliphatic rings. The lowest BCUT2D eigenvalue weighted by atomic mass is 10.2. The second kappa shape index (κ2) is 10.4. The van der Waals surface area contributed by atoms with E-state index in [1.165, 1.54) is 19.3 Å². The van der Waals surface area contributed by atoms with E-state index < -0.39 is 0 Å². The van der Waals surface area contributed by atoms with Crippen molar-refractivity contribution in [2.45, 2.75) is 32.6 Å². The molecule has 0 N–H and O–H groups in total. The van der Waals surface area contributed by atoms with Gasteiger partial charge >= 0.3 is 0 Å². The minimum atomic E-state index is 0.723. The second-order valence-electron chi connectivity index (χ2n) is 5.92. The summed E-state index contributed by atoms with van der Waals surface area (Å²) in [7, 11) is 3.59. The van der Waals surface area contributed by atoms with E-state index in [9.17, 15) is 0 Å². The van der Waals surface area contributed by atoms with E-state index in [4.69, 9.17) is 9.47 Å². The highest BCUT2D eigenvalue weighted by atomic mass is 16.5. The van der Waals surface area contributed by atoms with Gasteiger partial charge in [-0.2, -0.15) is 5.10 Å². The van der Waals surface area contributed by atoms with Crippen molar-refractivity contribution in [2.75, 3.05) is 25.8 Å². The van der Waals surface area contributed by atoms with Gasteiger partial charge in [-0.05, 0) is 42.3 Å². The van der Waals surface area contributed by atoms with Crippen molar-refractivity contribution in [3.05, 3.63) is 54.1 Å². The monoisotopic (exact) mass is 340 g/mol. The number of nitrogens with zero attached hydrogens (tertiary/aromatic N) is 2. The highest BCUT2D eigenvalue weighted by molar-refractivity contribution is 5.81. The molecular weight excluding hydrogens is 312 g/mol. The average Bonchev–Trinajstić information content (AvgIpc) is 2.67. The van der Waals surface area contributed by atoms with Crippen LogP contribution in [-0.2, 0) is 0 Å². The van der Waals surface area contributed by atoms with Gasteiger partial charge in [0.25, 0.3) is 0 Å². The molecule has 2 rings (SSSR count). The minimum absolute atomic E-state index is 0.723. The molecule has 0 fully saturated rings. The Hall–Kier alpha value is -2.49. The molecule has 25 heavy (non-hydrogen) atoms. The molecule has 0 unspecified atom stereocenters. The van der Waals surface area contributed by atoms with E-state index >= 15 is 0 Å². The van der Waals surface area contributed by atoms with Crippen molar-refractivity contribution < 1.29 is 9.47 Å². The van der Waals surface area contributed by atoms with Gasteiger partial charge in [-0.1, -0.05) is 44.4 Å². The third-order valence-corrected chi connectivity index (χ3v) is 3.95. The van der Waals surface area contributed by atoms with Gasteiger partial charge in [0.05, 0.1) is 25.6 Å². The quantitative estimate of drug-likeness (QED) is 0.342. The molecule has 4 nitrogen and oxygen atoms in total. The van der Waals surface area contributed by atoms with Crippen molar-refractivity contribution in [2.24, 2.45) is 5.10 Å². The summed E-state index contributed by atoms with van der Waals surface area (Å²) in [5.41, 5.74) is 2.01. The van der Waals surface area contributed by atoms with Crippen molar-refractivity contribution >= 4 is 11.9 Å². The summed E-state index contributed by atoms with van der Waals surface area (Å²) < 4.78 is 11.3. The number of ether oxygens (including phenoxy) is 2. The summed E-state index contributed by atoms with van der Waals surface area (Å²) in [6.45, 7) is 2.93. The van der Waals surface area contributed by atoms with E-state index in [0.29, 0.717) is 0 Å². The van der Waals surface area contributed by atoms with Crippen molar-refractivity contribution in [1.29, 1.82) is 0 Å². The predicted octanol–water partition coefficient (Wildman–Crippen LogP) is 5.12. The second-order valence-corrected chi connectivity index (χ2v) is 5.92. The highest BCUT2D eigenvalue weighted by Gasteiger charge is 2.05. The van der Waals surface area contributed by atoms with Crippen molar-refractivity contribution in [1.82, 2.24) is 0 Å². The Kier molecular flexibility index (Phi) is 7.83. The fraction of sp³-hybridized carbons (Fsp3) is 0.381. The number of rotatable bonds is 10. The standard InChI is InChI=1S/C21H28N2O2/c1-4-5-6-10-15-25-20-14-13-18(16-21(20)24-3)17-22-23(2)19-11-8-7-9-12-19/h7-9,11-14,16-17H,4-6,10,15H2,1-3H3. The normalized spacial score (nSPS) is 10.8. The molecule has 0 bridgehead atoms. The van der Waals surface area contributed by atoms with Gasteiger partial charge in [0, 0.05) is 7.05 Å². The van der Waals surface area contributed by atoms with E-state index in [2.05, 4.69) is 12.0 Å². The molecule has 4 heteroatoms. The molecule has 2 aromatic rings. The van der Waals surface area contributed by atoms with Crippen LogP contribution < -0.4 is 14.5 Å². The summed E-state index contributed by atoms with van der Waals surface area (Å²) in [6.07, 6.45) is 6.58. The number of methoxy groups -OCH3 is 1. The Morgan fingerprint density at radius 1 is 1.00 bits per heavy atom. The zero-order valence-electron chi connectivity index (χ0n) is 15.4. The SMILES string of the molecule is CCCCCCOc1ccc(C=NN(C)c2ccccc2)cc1OC. The first-order chi connectivity index (χ1) is 12.2. The largest absolute Gasteiger partial charge is 0.493 e. The lowest BCUT2D eigenvalue weighted by Crippen LogP contribution is -2.08. The highest BCUT2D eigenvalue weighted by Crippen LogP contribution is 2.28. The predicted molar refractivity (Wildman–Crippen MR) is 105 cm³/mol. The number of hydrogen-bond acceptors (Lipinski definition) is 4. The fourth-order valence-corrected chi connectivity index (χ4v) is 2.46. The van der Waals surface area contributed by atoms with E-state index in [-0.39, 0.29) is 0 Å². The summed E-state index contributed by atoms with van der Waals surface area (Å²) in [4.78, 5) is 0. The Balaban J connectivity index is 1.97. The molecule has 0 saturated carbocycles. The lowest BCUT2D eigenvalue weighted by Gasteiger charge is -2.13. The van der Waals surface area contributed by atoms with Gasteiger partial charge in [0.15, 0.2) is 11.5 Å². The number of para-hydroxylation sites is 1. The zero-order chi connectivity index (χ0) is 17.9. The molecule has 0 radical (unpaired) electrons. The molecule has 0 atom stereocenters. The molecule has 0 spiro atoms. The Morgan fingerprint density at radius 2 is 1.80 bits per heavy atom. The Labute approximate surface area is 151 Å². The first kappa shape index (κ1) is 18.8. The molecule has 0 aliphatic heterocycles. The first-order valence-electron chi connectivity index (χ1n) is 8.88. The lowest BCUT2D eigenvalue weighted by molar-refractivity contribution is 0.285. The molecule has 0 aliphatic carbocycles.